The van der Waals surface area contributed by atoms with Crippen molar-refractivity contribution < 1.29 is 38.5 Å². The number of carboxylic acids is 1. The van der Waals surface area contributed by atoms with Gasteiger partial charge in [-0.1, -0.05) is 48.5 Å². The third-order valence-electron chi connectivity index (χ3n) is 7.52. The van der Waals surface area contributed by atoms with Gasteiger partial charge in [0.15, 0.2) is 6.04 Å². The van der Waals surface area contributed by atoms with E-state index >= 15 is 0 Å². The summed E-state index contributed by atoms with van der Waals surface area (Å²) in [6.45, 7) is 12.6. The normalized spacial score (nSPS) is 12.1. The molecule has 1 atom stereocenters. The summed E-state index contributed by atoms with van der Waals surface area (Å²) in [5.41, 5.74) is 8.42. The van der Waals surface area contributed by atoms with Gasteiger partial charge in [-0.15, -0.1) is 0 Å². The molecule has 0 fully saturated rings. The fourth-order valence-electron chi connectivity index (χ4n) is 5.25. The molecule has 270 valence electrons. The number of hydrogen-bond donors (Lipinski definition) is 4. The number of aryl methyl sites for hydroxylation is 1. The molecule has 0 heterocycles. The van der Waals surface area contributed by atoms with Gasteiger partial charge in [0.05, 0.1) is 12.3 Å². The van der Waals surface area contributed by atoms with Crippen LogP contribution >= 0.6 is 0 Å². The number of carboxylic acid groups (broad SMARTS) is 1. The predicted molar refractivity (Wildman–Crippen MR) is 197 cm³/mol. The molecular weight excluding hydrogens is 652 g/mol. The van der Waals surface area contributed by atoms with Crippen LogP contribution in [0.4, 0.5) is 31.4 Å². The summed E-state index contributed by atoms with van der Waals surface area (Å²) in [5, 5.41) is 17.2. The molecule has 0 saturated carbocycles. The van der Waals surface area contributed by atoms with Crippen LogP contribution in [-0.4, -0.2) is 47.2 Å². The molecule has 0 saturated heterocycles. The molecule has 0 bridgehead atoms. The molecule has 0 aromatic heterocycles. The summed E-state index contributed by atoms with van der Waals surface area (Å²) in [6, 6.07) is 21.7. The first-order valence-corrected chi connectivity index (χ1v) is 16.5. The Morgan fingerprint density at radius 2 is 1.49 bits per heavy atom. The fourth-order valence-corrected chi connectivity index (χ4v) is 5.25. The molecule has 4 rings (SSSR count). The van der Waals surface area contributed by atoms with Crippen LogP contribution in [0.25, 0.3) is 10.8 Å². The monoisotopic (exact) mass is 698 g/mol. The summed E-state index contributed by atoms with van der Waals surface area (Å²) < 4.78 is 16.5. The topological polar surface area (TPSA) is 170 Å². The van der Waals surface area contributed by atoms with Gasteiger partial charge in [-0.25, -0.2) is 19.2 Å². The van der Waals surface area contributed by atoms with E-state index in [1.54, 1.807) is 108 Å². The number of rotatable bonds is 10. The number of carbonyl (C=O) groups excluding carboxylic acids is 3. The lowest BCUT2D eigenvalue weighted by Crippen LogP contribution is -2.43. The maximum absolute atomic E-state index is 13.3. The molecule has 5 N–H and O–H groups in total. The number of fused-ring (bicyclic) bond motifs is 1. The Hall–Kier alpha value is -5.62. The smallest absolute Gasteiger partial charge is 0.424 e. The second-order valence-electron chi connectivity index (χ2n) is 14.0. The number of aliphatic carboxylic acids is 1. The van der Waals surface area contributed by atoms with Gasteiger partial charge in [-0.3, -0.25) is 5.32 Å². The van der Waals surface area contributed by atoms with Crippen LogP contribution in [0, 0.1) is 6.92 Å². The summed E-state index contributed by atoms with van der Waals surface area (Å²) in [5.74, 6) is -1.09. The van der Waals surface area contributed by atoms with Gasteiger partial charge < -0.3 is 30.4 Å². The minimum absolute atomic E-state index is 0.127. The van der Waals surface area contributed by atoms with Crippen molar-refractivity contribution in [3.05, 3.63) is 101 Å². The third kappa shape index (κ3) is 10.7. The van der Waals surface area contributed by atoms with E-state index < -0.39 is 41.5 Å². The van der Waals surface area contributed by atoms with Gasteiger partial charge >= 0.3 is 24.2 Å². The number of ether oxygens (including phenoxy) is 3. The van der Waals surface area contributed by atoms with E-state index in [0.29, 0.717) is 40.7 Å². The molecule has 4 aromatic rings. The highest BCUT2D eigenvalue weighted by Crippen LogP contribution is 2.33. The molecule has 3 amide bonds. The average molecular weight is 699 g/mol. The number of anilines is 3. The summed E-state index contributed by atoms with van der Waals surface area (Å²) in [6.07, 6.45) is -1.93. The van der Waals surface area contributed by atoms with Crippen molar-refractivity contribution in [3.63, 3.8) is 0 Å². The van der Waals surface area contributed by atoms with E-state index in [4.69, 9.17) is 19.9 Å². The molecule has 4 aromatic carbocycles. The van der Waals surface area contributed by atoms with Crippen molar-refractivity contribution in [1.82, 2.24) is 0 Å². The highest BCUT2D eigenvalue weighted by atomic mass is 16.6. The third-order valence-corrected chi connectivity index (χ3v) is 7.52. The van der Waals surface area contributed by atoms with Crippen molar-refractivity contribution in [2.45, 2.75) is 78.7 Å². The predicted octanol–water partition coefficient (Wildman–Crippen LogP) is 8.31. The van der Waals surface area contributed by atoms with Gasteiger partial charge in [-0.2, -0.15) is 4.90 Å². The molecule has 0 aliphatic rings. The van der Waals surface area contributed by atoms with Crippen LogP contribution in [0.15, 0.2) is 78.9 Å². The Balaban J connectivity index is 1.50. The molecule has 12 heteroatoms. The van der Waals surface area contributed by atoms with Crippen LogP contribution in [-0.2, 0) is 32.0 Å². The summed E-state index contributed by atoms with van der Waals surface area (Å²) >= 11 is 0. The standard InChI is InChI=1S/C39H46N4O8/c1-24-20-28(15-14-26(24)18-19-49-35(46)42-29-12-8-10-25(21-29)23-40)33(34(44)45)41-30-16-17-31-27(22-30)11-9-13-32(31)43(36(47)50-38(2,3)4)37(48)51-39(5,6)7/h8-17,20-22,33,41H,18-19,23,40H2,1-7H3,(H,42,46)(H,44,45). The molecule has 0 aliphatic carbocycles. The zero-order valence-corrected chi connectivity index (χ0v) is 30.0. The maximum atomic E-state index is 13.3. The van der Waals surface area contributed by atoms with Gasteiger partial charge in [0.1, 0.15) is 11.2 Å². The fraction of sp³-hybridized carbons (Fsp3) is 0.333. The lowest BCUT2D eigenvalue weighted by molar-refractivity contribution is -0.138. The van der Waals surface area contributed by atoms with E-state index in [9.17, 15) is 24.3 Å². The Labute approximate surface area is 297 Å². The zero-order chi connectivity index (χ0) is 37.5. The summed E-state index contributed by atoms with van der Waals surface area (Å²) in [4.78, 5) is 52.2. The Kier molecular flexibility index (Phi) is 11.9. The lowest BCUT2D eigenvalue weighted by Gasteiger charge is -2.29. The number of imide groups is 1. The maximum Gasteiger partial charge on any atom is 0.424 e. The van der Waals surface area contributed by atoms with Crippen LogP contribution in [0.3, 0.4) is 0 Å². The first-order valence-electron chi connectivity index (χ1n) is 16.5. The van der Waals surface area contributed by atoms with Crippen LogP contribution in [0.1, 0.15) is 69.8 Å². The SMILES string of the molecule is Cc1cc(C(Nc2ccc3c(N(C(=O)OC(C)(C)C)C(=O)OC(C)(C)C)cccc3c2)C(=O)O)ccc1CCOC(=O)Nc1cccc(CN)c1. The van der Waals surface area contributed by atoms with Crippen molar-refractivity contribution in [1.29, 1.82) is 0 Å². The summed E-state index contributed by atoms with van der Waals surface area (Å²) in [7, 11) is 0. The van der Waals surface area contributed by atoms with Crippen molar-refractivity contribution in [2.24, 2.45) is 5.73 Å². The van der Waals surface area contributed by atoms with E-state index in [1.807, 2.05) is 19.1 Å². The first-order chi connectivity index (χ1) is 23.9. The first kappa shape index (κ1) is 38.2. The molecule has 0 radical (unpaired) electrons. The highest BCUT2D eigenvalue weighted by Gasteiger charge is 2.33. The molecule has 0 spiro atoms. The van der Waals surface area contributed by atoms with Crippen LogP contribution in [0.2, 0.25) is 0 Å². The number of amides is 3. The van der Waals surface area contributed by atoms with Crippen molar-refractivity contribution in [2.75, 3.05) is 22.1 Å². The van der Waals surface area contributed by atoms with Gasteiger partial charge in [-0.05, 0) is 106 Å². The zero-order valence-electron chi connectivity index (χ0n) is 30.0. The Bertz CT molecular complexity index is 1880. The molecule has 1 unspecified atom stereocenters. The van der Waals surface area contributed by atoms with E-state index in [-0.39, 0.29) is 12.3 Å². The molecular formula is C39H46N4O8. The number of nitrogens with one attached hydrogen (secondary N) is 2. The number of hydrogen-bond acceptors (Lipinski definition) is 9. The minimum Gasteiger partial charge on any atom is -0.479 e. The largest absolute Gasteiger partial charge is 0.479 e. The molecule has 12 nitrogen and oxygen atoms in total. The van der Waals surface area contributed by atoms with Gasteiger partial charge in [0, 0.05) is 29.7 Å². The molecule has 51 heavy (non-hydrogen) atoms. The number of carbonyl (C=O) groups is 4. The Morgan fingerprint density at radius 1 is 0.824 bits per heavy atom. The number of nitrogens with two attached hydrogens (primary N) is 1. The Morgan fingerprint density at radius 3 is 2.10 bits per heavy atom. The van der Waals surface area contributed by atoms with Gasteiger partial charge in [0.25, 0.3) is 0 Å². The van der Waals surface area contributed by atoms with E-state index in [2.05, 4.69) is 10.6 Å². The van der Waals surface area contributed by atoms with Crippen molar-refractivity contribution in [3.8, 4) is 0 Å². The molecule has 0 aliphatic heterocycles. The van der Waals surface area contributed by atoms with Crippen LogP contribution < -0.4 is 21.3 Å². The number of nitrogens with zero attached hydrogens (tertiary/aromatic N) is 1. The highest BCUT2D eigenvalue weighted by molar-refractivity contribution is 6.15. The number of benzene rings is 4. The van der Waals surface area contributed by atoms with Crippen molar-refractivity contribution >= 4 is 52.1 Å². The lowest BCUT2D eigenvalue weighted by atomic mass is 9.98. The van der Waals surface area contributed by atoms with Crippen LogP contribution in [0.5, 0.6) is 0 Å². The minimum atomic E-state index is -1.09. The quantitative estimate of drug-likeness (QED) is 0.118. The van der Waals surface area contributed by atoms with E-state index in [0.717, 1.165) is 21.6 Å². The second kappa shape index (κ2) is 15.9. The van der Waals surface area contributed by atoms with Gasteiger partial charge in [0.2, 0.25) is 0 Å². The van der Waals surface area contributed by atoms with E-state index in [1.165, 1.54) is 0 Å². The average Bonchev–Trinajstić information content (AvgIpc) is 3.02. The second-order valence-corrected chi connectivity index (χ2v) is 14.0.